The number of amides is 2. The molecule has 2 aliphatic rings. The van der Waals surface area contributed by atoms with Crippen molar-refractivity contribution >= 4 is 12.0 Å². The average Bonchev–Trinajstić information content (AvgIpc) is 3.23. The first-order valence-electron chi connectivity index (χ1n) is 8.16. The van der Waals surface area contributed by atoms with Crippen LogP contribution < -0.4 is 10.6 Å². The Morgan fingerprint density at radius 3 is 2.29 bits per heavy atom. The Labute approximate surface area is 126 Å². The highest BCUT2D eigenvalue weighted by Crippen LogP contribution is 2.39. The Balaban J connectivity index is 1.95. The number of nitrogens with one attached hydrogen (secondary N) is 2. The second-order valence-corrected chi connectivity index (χ2v) is 7.18. The number of carboxylic acids is 1. The maximum Gasteiger partial charge on any atom is 0.329 e. The average molecular weight is 296 g/mol. The number of carboxylic acid groups (broad SMARTS) is 1. The number of rotatable bonds is 5. The van der Waals surface area contributed by atoms with E-state index in [0.29, 0.717) is 11.8 Å². The van der Waals surface area contributed by atoms with Crippen LogP contribution in [0, 0.1) is 17.8 Å². The molecule has 2 rings (SSSR count). The number of hydrogen-bond acceptors (Lipinski definition) is 2. The summed E-state index contributed by atoms with van der Waals surface area (Å²) < 4.78 is 0. The molecule has 0 bridgehead atoms. The van der Waals surface area contributed by atoms with E-state index >= 15 is 0 Å². The van der Waals surface area contributed by atoms with E-state index < -0.39 is 11.5 Å². The molecule has 2 amide bonds. The normalized spacial score (nSPS) is 28.8. The number of aliphatic carboxylic acids is 1. The first kappa shape index (κ1) is 16.1. The molecule has 0 aromatic rings. The van der Waals surface area contributed by atoms with E-state index in [1.165, 1.54) is 6.42 Å². The van der Waals surface area contributed by atoms with Crippen LogP contribution in [-0.2, 0) is 4.79 Å². The van der Waals surface area contributed by atoms with E-state index in [9.17, 15) is 14.7 Å². The Bertz CT molecular complexity index is 406. The minimum Gasteiger partial charge on any atom is -0.480 e. The van der Waals surface area contributed by atoms with Crippen LogP contribution in [-0.4, -0.2) is 28.7 Å². The lowest BCUT2D eigenvalue weighted by atomic mass is 9.78. The van der Waals surface area contributed by atoms with Crippen molar-refractivity contribution in [2.24, 2.45) is 17.8 Å². The minimum atomic E-state index is -1.13. The lowest BCUT2D eigenvalue weighted by Gasteiger charge is -2.36. The second-order valence-electron chi connectivity index (χ2n) is 7.18. The third kappa shape index (κ3) is 3.69. The van der Waals surface area contributed by atoms with Gasteiger partial charge in [0.25, 0.3) is 0 Å². The molecule has 2 saturated carbocycles. The monoisotopic (exact) mass is 296 g/mol. The van der Waals surface area contributed by atoms with Gasteiger partial charge in [0.05, 0.1) is 0 Å². The van der Waals surface area contributed by atoms with Crippen molar-refractivity contribution in [1.29, 1.82) is 0 Å². The first-order valence-corrected chi connectivity index (χ1v) is 8.16. The molecule has 2 aliphatic carbocycles. The summed E-state index contributed by atoms with van der Waals surface area (Å²) in [5.74, 6) is 0.142. The van der Waals surface area contributed by atoms with Crippen LogP contribution in [0.3, 0.4) is 0 Å². The molecule has 0 aromatic carbocycles. The van der Waals surface area contributed by atoms with Gasteiger partial charge in [-0.1, -0.05) is 26.7 Å². The molecule has 3 N–H and O–H groups in total. The molecule has 0 spiro atoms. The minimum absolute atomic E-state index is 0.0630. The highest BCUT2D eigenvalue weighted by Gasteiger charge is 2.48. The standard InChI is InChI=1S/C16H28N2O3/c1-10(2)12-6-4-5-7-13(12)17-15(21)18-16(3,14(19)20)11-8-9-11/h10-13H,4-9H2,1-3H3,(H,19,20)(H2,17,18,21). The number of carbonyl (C=O) groups is 2. The summed E-state index contributed by atoms with van der Waals surface area (Å²) in [6.07, 6.45) is 6.23. The fourth-order valence-electron chi connectivity index (χ4n) is 3.57. The summed E-state index contributed by atoms with van der Waals surface area (Å²) in [7, 11) is 0. The largest absolute Gasteiger partial charge is 0.480 e. The Morgan fingerprint density at radius 1 is 1.14 bits per heavy atom. The van der Waals surface area contributed by atoms with Gasteiger partial charge in [0, 0.05) is 6.04 Å². The fourth-order valence-corrected chi connectivity index (χ4v) is 3.57. The summed E-state index contributed by atoms with van der Waals surface area (Å²) in [4.78, 5) is 23.7. The van der Waals surface area contributed by atoms with Crippen molar-refractivity contribution in [1.82, 2.24) is 10.6 Å². The molecule has 120 valence electrons. The van der Waals surface area contributed by atoms with Crippen molar-refractivity contribution < 1.29 is 14.7 Å². The number of urea groups is 1. The van der Waals surface area contributed by atoms with Crippen LogP contribution in [0.25, 0.3) is 0 Å². The molecule has 2 fully saturated rings. The van der Waals surface area contributed by atoms with Crippen molar-refractivity contribution in [3.05, 3.63) is 0 Å². The van der Waals surface area contributed by atoms with Gasteiger partial charge in [0.2, 0.25) is 0 Å². The van der Waals surface area contributed by atoms with E-state index in [2.05, 4.69) is 24.5 Å². The van der Waals surface area contributed by atoms with Crippen LogP contribution >= 0.6 is 0 Å². The van der Waals surface area contributed by atoms with Gasteiger partial charge in [0.15, 0.2) is 0 Å². The molecular weight excluding hydrogens is 268 g/mol. The van der Waals surface area contributed by atoms with E-state index in [1.807, 2.05) is 0 Å². The highest BCUT2D eigenvalue weighted by atomic mass is 16.4. The zero-order chi connectivity index (χ0) is 15.6. The third-order valence-electron chi connectivity index (χ3n) is 5.20. The zero-order valence-corrected chi connectivity index (χ0v) is 13.3. The molecular formula is C16H28N2O3. The maximum absolute atomic E-state index is 12.2. The van der Waals surface area contributed by atoms with E-state index in [0.717, 1.165) is 32.1 Å². The molecule has 0 aromatic heterocycles. The van der Waals surface area contributed by atoms with Crippen molar-refractivity contribution in [2.75, 3.05) is 0 Å². The maximum atomic E-state index is 12.2. The van der Waals surface area contributed by atoms with Crippen molar-refractivity contribution in [2.45, 2.75) is 70.9 Å². The Morgan fingerprint density at radius 2 is 1.76 bits per heavy atom. The third-order valence-corrected chi connectivity index (χ3v) is 5.20. The molecule has 0 radical (unpaired) electrons. The van der Waals surface area contributed by atoms with Crippen LogP contribution in [0.1, 0.15) is 59.3 Å². The molecule has 3 unspecified atom stereocenters. The van der Waals surface area contributed by atoms with Gasteiger partial charge in [-0.05, 0) is 50.4 Å². The van der Waals surface area contributed by atoms with Gasteiger partial charge in [0.1, 0.15) is 5.54 Å². The lowest BCUT2D eigenvalue weighted by molar-refractivity contribution is -0.144. The van der Waals surface area contributed by atoms with Crippen molar-refractivity contribution in [3.63, 3.8) is 0 Å². The molecule has 0 heterocycles. The van der Waals surface area contributed by atoms with Crippen LogP contribution in [0.15, 0.2) is 0 Å². The topological polar surface area (TPSA) is 78.4 Å². The zero-order valence-electron chi connectivity index (χ0n) is 13.3. The second kappa shape index (κ2) is 6.24. The predicted molar refractivity (Wildman–Crippen MR) is 81.0 cm³/mol. The lowest BCUT2D eigenvalue weighted by Crippen LogP contribution is -2.59. The molecule has 3 atom stereocenters. The molecule has 5 heteroatoms. The predicted octanol–water partition coefficient (Wildman–Crippen LogP) is 2.75. The van der Waals surface area contributed by atoms with Gasteiger partial charge in [-0.3, -0.25) is 0 Å². The van der Waals surface area contributed by atoms with Gasteiger partial charge in [-0.25, -0.2) is 9.59 Å². The van der Waals surface area contributed by atoms with Crippen molar-refractivity contribution in [3.8, 4) is 0 Å². The van der Waals surface area contributed by atoms with Gasteiger partial charge < -0.3 is 15.7 Å². The van der Waals surface area contributed by atoms with E-state index in [1.54, 1.807) is 6.92 Å². The number of hydrogen-bond donors (Lipinski definition) is 3. The fraction of sp³-hybridized carbons (Fsp3) is 0.875. The number of carbonyl (C=O) groups excluding carboxylic acids is 1. The summed E-state index contributed by atoms with van der Waals surface area (Å²) >= 11 is 0. The van der Waals surface area contributed by atoms with Crippen LogP contribution in [0.4, 0.5) is 4.79 Å². The van der Waals surface area contributed by atoms with Gasteiger partial charge in [-0.2, -0.15) is 0 Å². The Kier molecular flexibility index (Phi) is 4.79. The van der Waals surface area contributed by atoms with Crippen LogP contribution in [0.5, 0.6) is 0 Å². The van der Waals surface area contributed by atoms with E-state index in [4.69, 9.17) is 0 Å². The Hall–Kier alpha value is -1.26. The molecule has 5 nitrogen and oxygen atoms in total. The molecule has 0 saturated heterocycles. The van der Waals surface area contributed by atoms with Gasteiger partial charge in [-0.15, -0.1) is 0 Å². The van der Waals surface area contributed by atoms with Gasteiger partial charge >= 0.3 is 12.0 Å². The molecule has 0 aliphatic heterocycles. The smallest absolute Gasteiger partial charge is 0.329 e. The van der Waals surface area contributed by atoms with Crippen LogP contribution in [0.2, 0.25) is 0 Å². The molecule has 21 heavy (non-hydrogen) atoms. The quantitative estimate of drug-likeness (QED) is 0.730. The highest BCUT2D eigenvalue weighted by molar-refractivity contribution is 5.86. The summed E-state index contributed by atoms with van der Waals surface area (Å²) in [6, 6.07) is -0.166. The van der Waals surface area contributed by atoms with E-state index in [-0.39, 0.29) is 18.0 Å². The summed E-state index contributed by atoms with van der Waals surface area (Å²) in [5, 5.41) is 15.1. The summed E-state index contributed by atoms with van der Waals surface area (Å²) in [5.41, 5.74) is -1.13. The SMILES string of the molecule is CC(C)C1CCCCC1NC(=O)NC(C)(C(=O)O)C1CC1. The summed E-state index contributed by atoms with van der Waals surface area (Å²) in [6.45, 7) is 6.00. The first-order chi connectivity index (χ1) is 9.84.